The Hall–Kier alpha value is 0.310. The normalized spacial score (nSPS) is 13.5. The Balaban J connectivity index is 2.97. The second kappa shape index (κ2) is 7.42. The van der Waals surface area contributed by atoms with Gasteiger partial charge >= 0.3 is 0 Å². The molecule has 0 aromatic heterocycles. The third-order valence-electron chi connectivity index (χ3n) is 1.59. The molecule has 1 atom stereocenters. The SMILES string of the molecule is CCCCNC(C)CCS. The van der Waals surface area contributed by atoms with Crippen LogP contribution in [0, 0.1) is 0 Å². The van der Waals surface area contributed by atoms with Gasteiger partial charge in [0.15, 0.2) is 0 Å². The van der Waals surface area contributed by atoms with Gasteiger partial charge in [-0.2, -0.15) is 12.6 Å². The topological polar surface area (TPSA) is 12.0 Å². The van der Waals surface area contributed by atoms with Gasteiger partial charge in [0.1, 0.15) is 0 Å². The Kier molecular flexibility index (Phi) is 7.65. The van der Waals surface area contributed by atoms with E-state index in [0.29, 0.717) is 6.04 Å². The van der Waals surface area contributed by atoms with E-state index in [2.05, 4.69) is 31.8 Å². The fourth-order valence-corrected chi connectivity index (χ4v) is 1.21. The van der Waals surface area contributed by atoms with Crippen LogP contribution in [0.4, 0.5) is 0 Å². The molecule has 0 heterocycles. The van der Waals surface area contributed by atoms with E-state index in [1.54, 1.807) is 0 Å². The number of rotatable bonds is 6. The maximum Gasteiger partial charge on any atom is 0.00464 e. The van der Waals surface area contributed by atoms with E-state index in [0.717, 1.165) is 12.3 Å². The summed E-state index contributed by atoms with van der Waals surface area (Å²) in [7, 11) is 0. The van der Waals surface area contributed by atoms with Crippen molar-refractivity contribution >= 4 is 12.6 Å². The van der Waals surface area contributed by atoms with E-state index in [1.165, 1.54) is 19.3 Å². The molecule has 0 rings (SSSR count). The number of hydrogen-bond acceptors (Lipinski definition) is 2. The molecule has 1 N–H and O–H groups in total. The van der Waals surface area contributed by atoms with E-state index < -0.39 is 0 Å². The molecule has 0 fully saturated rings. The zero-order valence-corrected chi connectivity index (χ0v) is 7.95. The molecule has 62 valence electrons. The van der Waals surface area contributed by atoms with Crippen LogP contribution in [0.3, 0.4) is 0 Å². The summed E-state index contributed by atoms with van der Waals surface area (Å²) in [5.74, 6) is 0.986. The first-order valence-corrected chi connectivity index (χ1v) is 4.78. The monoisotopic (exact) mass is 161 g/mol. The van der Waals surface area contributed by atoms with E-state index in [9.17, 15) is 0 Å². The zero-order valence-electron chi connectivity index (χ0n) is 7.06. The molecule has 0 spiro atoms. The van der Waals surface area contributed by atoms with Gasteiger partial charge in [0.05, 0.1) is 0 Å². The van der Waals surface area contributed by atoms with Crippen LogP contribution >= 0.6 is 12.6 Å². The molecule has 0 aliphatic heterocycles. The number of hydrogen-bond donors (Lipinski definition) is 2. The predicted octanol–water partition coefficient (Wildman–Crippen LogP) is 2.08. The summed E-state index contributed by atoms with van der Waals surface area (Å²) in [6, 6.07) is 0.643. The first-order valence-electron chi connectivity index (χ1n) is 4.15. The Morgan fingerprint density at radius 3 is 2.70 bits per heavy atom. The number of thiol groups is 1. The van der Waals surface area contributed by atoms with Crippen LogP contribution in [0.2, 0.25) is 0 Å². The van der Waals surface area contributed by atoms with Crippen LogP contribution < -0.4 is 5.32 Å². The molecule has 0 aliphatic carbocycles. The van der Waals surface area contributed by atoms with Gasteiger partial charge in [-0.25, -0.2) is 0 Å². The molecule has 1 nitrogen and oxygen atoms in total. The van der Waals surface area contributed by atoms with Crippen molar-refractivity contribution in [3.8, 4) is 0 Å². The maximum atomic E-state index is 4.16. The third kappa shape index (κ3) is 6.43. The zero-order chi connectivity index (χ0) is 7.82. The molecule has 0 saturated heterocycles. The maximum absolute atomic E-state index is 4.16. The molecular formula is C8H19NS. The van der Waals surface area contributed by atoms with Crippen LogP contribution in [-0.2, 0) is 0 Å². The highest BCUT2D eigenvalue weighted by molar-refractivity contribution is 7.80. The van der Waals surface area contributed by atoms with Crippen LogP contribution in [0.25, 0.3) is 0 Å². The Bertz CT molecular complexity index is 66.3. The lowest BCUT2D eigenvalue weighted by Crippen LogP contribution is -2.27. The molecule has 0 amide bonds. The molecular weight excluding hydrogens is 142 g/mol. The summed E-state index contributed by atoms with van der Waals surface area (Å²) in [6.45, 7) is 5.59. The second-order valence-corrected chi connectivity index (χ2v) is 3.17. The molecule has 0 aromatic rings. The fourth-order valence-electron chi connectivity index (χ4n) is 0.821. The van der Waals surface area contributed by atoms with E-state index in [-0.39, 0.29) is 0 Å². The van der Waals surface area contributed by atoms with Crippen molar-refractivity contribution in [3.63, 3.8) is 0 Å². The van der Waals surface area contributed by atoms with E-state index in [1.807, 2.05) is 0 Å². The van der Waals surface area contributed by atoms with Gasteiger partial charge < -0.3 is 5.32 Å². The summed E-state index contributed by atoms with van der Waals surface area (Å²) in [6.07, 6.45) is 3.74. The number of unbranched alkanes of at least 4 members (excludes halogenated alkanes) is 1. The second-order valence-electron chi connectivity index (χ2n) is 2.72. The third-order valence-corrected chi connectivity index (χ3v) is 1.84. The van der Waals surface area contributed by atoms with Crippen molar-refractivity contribution in [1.82, 2.24) is 5.32 Å². The minimum atomic E-state index is 0.643. The van der Waals surface area contributed by atoms with Crippen molar-refractivity contribution in [2.45, 2.75) is 39.2 Å². The highest BCUT2D eigenvalue weighted by Gasteiger charge is 1.96. The first kappa shape index (κ1) is 10.3. The smallest absolute Gasteiger partial charge is 0.00464 e. The highest BCUT2D eigenvalue weighted by Crippen LogP contribution is 1.93. The van der Waals surface area contributed by atoms with Gasteiger partial charge in [-0.1, -0.05) is 13.3 Å². The van der Waals surface area contributed by atoms with Crippen molar-refractivity contribution in [3.05, 3.63) is 0 Å². The van der Waals surface area contributed by atoms with Gasteiger partial charge in [0, 0.05) is 6.04 Å². The van der Waals surface area contributed by atoms with Crippen LogP contribution in [0.1, 0.15) is 33.1 Å². The quantitative estimate of drug-likeness (QED) is 0.449. The standard InChI is InChI=1S/C8H19NS/c1-3-4-6-9-8(2)5-7-10/h8-10H,3-7H2,1-2H3. The van der Waals surface area contributed by atoms with E-state index >= 15 is 0 Å². The van der Waals surface area contributed by atoms with Gasteiger partial charge in [-0.05, 0) is 32.1 Å². The minimum Gasteiger partial charge on any atom is -0.314 e. The van der Waals surface area contributed by atoms with Gasteiger partial charge in [0.2, 0.25) is 0 Å². The Labute approximate surface area is 70.0 Å². The van der Waals surface area contributed by atoms with Gasteiger partial charge in [-0.3, -0.25) is 0 Å². The van der Waals surface area contributed by atoms with Crippen molar-refractivity contribution in [1.29, 1.82) is 0 Å². The molecule has 10 heavy (non-hydrogen) atoms. The summed E-state index contributed by atoms with van der Waals surface area (Å²) in [5, 5.41) is 3.44. The van der Waals surface area contributed by atoms with Crippen molar-refractivity contribution in [2.75, 3.05) is 12.3 Å². The lowest BCUT2D eigenvalue weighted by atomic mass is 10.2. The lowest BCUT2D eigenvalue weighted by molar-refractivity contribution is 0.524. The highest BCUT2D eigenvalue weighted by atomic mass is 32.1. The summed E-state index contributed by atoms with van der Waals surface area (Å²) in [5.41, 5.74) is 0. The van der Waals surface area contributed by atoms with Crippen molar-refractivity contribution < 1.29 is 0 Å². The summed E-state index contributed by atoms with van der Waals surface area (Å²) < 4.78 is 0. The van der Waals surface area contributed by atoms with Crippen LogP contribution in [-0.4, -0.2) is 18.3 Å². The van der Waals surface area contributed by atoms with E-state index in [4.69, 9.17) is 0 Å². The van der Waals surface area contributed by atoms with Crippen molar-refractivity contribution in [2.24, 2.45) is 0 Å². The largest absolute Gasteiger partial charge is 0.314 e. The minimum absolute atomic E-state index is 0.643. The Morgan fingerprint density at radius 1 is 1.50 bits per heavy atom. The molecule has 2 heteroatoms. The predicted molar refractivity (Wildman–Crippen MR) is 50.8 cm³/mol. The Morgan fingerprint density at radius 2 is 2.20 bits per heavy atom. The molecule has 0 radical (unpaired) electrons. The summed E-state index contributed by atoms with van der Waals surface area (Å²) >= 11 is 4.16. The lowest BCUT2D eigenvalue weighted by Gasteiger charge is -2.10. The fraction of sp³-hybridized carbons (Fsp3) is 1.00. The molecule has 0 aromatic carbocycles. The van der Waals surface area contributed by atoms with Gasteiger partial charge in [-0.15, -0.1) is 0 Å². The average molecular weight is 161 g/mol. The average Bonchev–Trinajstić information content (AvgIpc) is 1.89. The molecule has 1 unspecified atom stereocenters. The molecule has 0 bridgehead atoms. The number of nitrogens with one attached hydrogen (secondary N) is 1. The molecule has 0 saturated carbocycles. The van der Waals surface area contributed by atoms with Crippen LogP contribution in [0.5, 0.6) is 0 Å². The van der Waals surface area contributed by atoms with Gasteiger partial charge in [0.25, 0.3) is 0 Å². The summed E-state index contributed by atoms with van der Waals surface area (Å²) in [4.78, 5) is 0. The van der Waals surface area contributed by atoms with Crippen LogP contribution in [0.15, 0.2) is 0 Å². The molecule has 0 aliphatic rings. The first-order chi connectivity index (χ1) is 4.81.